The molecule has 1 aliphatic carbocycles. The summed E-state index contributed by atoms with van der Waals surface area (Å²) in [4.78, 5) is 21.7. The van der Waals surface area contributed by atoms with Crippen LogP contribution in [0.25, 0.3) is 0 Å². The molecule has 5 heteroatoms. The third-order valence-electron chi connectivity index (χ3n) is 2.57. The van der Waals surface area contributed by atoms with Crippen molar-refractivity contribution < 1.29 is 25.3 Å². The van der Waals surface area contributed by atoms with E-state index >= 15 is 0 Å². The molecule has 0 spiro atoms. The van der Waals surface area contributed by atoms with Crippen molar-refractivity contribution in [3.05, 3.63) is 12.2 Å². The van der Waals surface area contributed by atoms with E-state index in [-0.39, 0.29) is 5.48 Å². The van der Waals surface area contributed by atoms with Crippen LogP contribution in [0.1, 0.15) is 19.8 Å². The number of carbonyl (C=O) groups is 2. The van der Waals surface area contributed by atoms with Crippen LogP contribution in [0.4, 0.5) is 0 Å². The quantitative estimate of drug-likeness (QED) is 0.628. The van der Waals surface area contributed by atoms with Crippen molar-refractivity contribution in [2.75, 3.05) is 0 Å². The predicted octanol–water partition coefficient (Wildman–Crippen LogP) is 0.303. The smallest absolute Gasteiger partial charge is 0.314 e. The van der Waals surface area contributed by atoms with Gasteiger partial charge in [0.2, 0.25) is 0 Å². The van der Waals surface area contributed by atoms with Crippen molar-refractivity contribution in [3.63, 3.8) is 0 Å². The van der Waals surface area contributed by atoms with Gasteiger partial charge in [0.25, 0.3) is 0 Å². The molecule has 14 heavy (non-hydrogen) atoms. The van der Waals surface area contributed by atoms with Crippen molar-refractivity contribution >= 4 is 11.9 Å². The monoisotopic (exact) mass is 202 g/mol. The highest BCUT2D eigenvalue weighted by molar-refractivity contribution is 5.85. The van der Waals surface area contributed by atoms with E-state index < -0.39 is 23.3 Å². The van der Waals surface area contributed by atoms with E-state index in [2.05, 4.69) is 0 Å². The SMILES string of the molecule is CC1(C(=O)O)C=CCCC1C(=O)O.O. The van der Waals surface area contributed by atoms with Crippen molar-refractivity contribution in [2.24, 2.45) is 11.3 Å². The third kappa shape index (κ3) is 1.93. The molecule has 4 N–H and O–H groups in total. The van der Waals surface area contributed by atoms with Gasteiger partial charge in [0.15, 0.2) is 0 Å². The van der Waals surface area contributed by atoms with Gasteiger partial charge in [-0.1, -0.05) is 12.2 Å². The molecule has 2 atom stereocenters. The van der Waals surface area contributed by atoms with E-state index in [0.717, 1.165) is 0 Å². The highest BCUT2D eigenvalue weighted by atomic mass is 16.4. The van der Waals surface area contributed by atoms with Crippen molar-refractivity contribution in [3.8, 4) is 0 Å². The fourth-order valence-electron chi connectivity index (χ4n) is 1.61. The van der Waals surface area contributed by atoms with Crippen LogP contribution in [0.15, 0.2) is 12.2 Å². The van der Waals surface area contributed by atoms with Gasteiger partial charge in [0.1, 0.15) is 0 Å². The summed E-state index contributed by atoms with van der Waals surface area (Å²) in [5.74, 6) is -2.92. The Morgan fingerprint density at radius 3 is 2.36 bits per heavy atom. The summed E-state index contributed by atoms with van der Waals surface area (Å²) in [5, 5.41) is 17.7. The Morgan fingerprint density at radius 1 is 1.43 bits per heavy atom. The number of hydrogen-bond donors (Lipinski definition) is 2. The first-order chi connectivity index (χ1) is 5.98. The van der Waals surface area contributed by atoms with Crippen molar-refractivity contribution in [2.45, 2.75) is 19.8 Å². The summed E-state index contributed by atoms with van der Waals surface area (Å²) >= 11 is 0. The zero-order valence-corrected chi connectivity index (χ0v) is 7.86. The Kier molecular flexibility index (Phi) is 3.82. The third-order valence-corrected chi connectivity index (χ3v) is 2.57. The molecule has 0 amide bonds. The normalized spacial score (nSPS) is 30.5. The summed E-state index contributed by atoms with van der Waals surface area (Å²) in [6.07, 6.45) is 4.25. The van der Waals surface area contributed by atoms with E-state index in [9.17, 15) is 9.59 Å². The highest BCUT2D eigenvalue weighted by Gasteiger charge is 2.44. The molecule has 0 aliphatic heterocycles. The van der Waals surface area contributed by atoms with E-state index in [1.165, 1.54) is 13.0 Å². The first-order valence-electron chi connectivity index (χ1n) is 4.12. The Hall–Kier alpha value is -1.36. The zero-order valence-electron chi connectivity index (χ0n) is 7.86. The molecule has 0 aromatic rings. The highest BCUT2D eigenvalue weighted by Crippen LogP contribution is 2.36. The molecular weight excluding hydrogens is 188 g/mol. The van der Waals surface area contributed by atoms with Gasteiger partial charge in [-0.25, -0.2) is 0 Å². The second-order valence-corrected chi connectivity index (χ2v) is 3.46. The first-order valence-corrected chi connectivity index (χ1v) is 4.12. The minimum Gasteiger partial charge on any atom is -0.481 e. The molecule has 0 aromatic heterocycles. The lowest BCUT2D eigenvalue weighted by Gasteiger charge is -2.30. The molecule has 0 saturated heterocycles. The molecule has 0 radical (unpaired) electrons. The number of carboxylic acids is 2. The Labute approximate surface area is 81.4 Å². The summed E-state index contributed by atoms with van der Waals surface area (Å²) in [7, 11) is 0. The van der Waals surface area contributed by atoms with Gasteiger partial charge < -0.3 is 15.7 Å². The zero-order chi connectivity index (χ0) is 10.1. The van der Waals surface area contributed by atoms with Gasteiger partial charge >= 0.3 is 11.9 Å². The van der Waals surface area contributed by atoms with Gasteiger partial charge in [0, 0.05) is 0 Å². The molecule has 1 aliphatic rings. The molecule has 0 bridgehead atoms. The van der Waals surface area contributed by atoms with E-state index in [1.807, 2.05) is 0 Å². The Balaban J connectivity index is 0.00000169. The number of aliphatic carboxylic acids is 2. The molecule has 1 rings (SSSR count). The maximum absolute atomic E-state index is 10.9. The van der Waals surface area contributed by atoms with Gasteiger partial charge in [-0.3, -0.25) is 9.59 Å². The fraction of sp³-hybridized carbons (Fsp3) is 0.556. The fourth-order valence-corrected chi connectivity index (χ4v) is 1.61. The second-order valence-electron chi connectivity index (χ2n) is 3.46. The van der Waals surface area contributed by atoms with Crippen LogP contribution in [0, 0.1) is 11.3 Å². The standard InChI is InChI=1S/C9H12O4.H2O/c1-9(8(12)13)5-3-2-4-6(9)7(10)11;/h3,5-6H,2,4H2,1H3,(H,10,11)(H,12,13);1H2. The van der Waals surface area contributed by atoms with Gasteiger partial charge in [0.05, 0.1) is 11.3 Å². The summed E-state index contributed by atoms with van der Waals surface area (Å²) in [5.41, 5.74) is -1.25. The summed E-state index contributed by atoms with van der Waals surface area (Å²) < 4.78 is 0. The number of hydrogen-bond acceptors (Lipinski definition) is 2. The molecule has 80 valence electrons. The molecule has 2 unspecified atom stereocenters. The number of carboxylic acid groups (broad SMARTS) is 2. The Morgan fingerprint density at radius 2 is 2.00 bits per heavy atom. The topological polar surface area (TPSA) is 106 Å². The van der Waals surface area contributed by atoms with Crippen LogP contribution < -0.4 is 0 Å². The molecular formula is C9H14O5. The lowest BCUT2D eigenvalue weighted by atomic mass is 9.71. The maximum Gasteiger partial charge on any atom is 0.314 e. The number of allylic oxidation sites excluding steroid dienone is 1. The molecule has 0 heterocycles. The largest absolute Gasteiger partial charge is 0.481 e. The Bertz CT molecular complexity index is 270. The van der Waals surface area contributed by atoms with Crippen LogP contribution in [-0.4, -0.2) is 27.6 Å². The molecule has 0 aromatic carbocycles. The lowest BCUT2D eigenvalue weighted by Crippen LogP contribution is -2.40. The van der Waals surface area contributed by atoms with Crippen LogP contribution >= 0.6 is 0 Å². The van der Waals surface area contributed by atoms with Crippen LogP contribution in [0.2, 0.25) is 0 Å². The summed E-state index contributed by atoms with van der Waals surface area (Å²) in [6.45, 7) is 1.45. The van der Waals surface area contributed by atoms with E-state index in [0.29, 0.717) is 12.8 Å². The maximum atomic E-state index is 10.9. The van der Waals surface area contributed by atoms with Crippen molar-refractivity contribution in [1.82, 2.24) is 0 Å². The second kappa shape index (κ2) is 4.23. The average Bonchev–Trinajstić information content (AvgIpc) is 2.04. The molecule has 0 fully saturated rings. The van der Waals surface area contributed by atoms with Gasteiger partial charge in [-0.05, 0) is 19.8 Å². The van der Waals surface area contributed by atoms with Crippen LogP contribution in [0.3, 0.4) is 0 Å². The van der Waals surface area contributed by atoms with Crippen LogP contribution in [0.5, 0.6) is 0 Å². The first kappa shape index (κ1) is 12.6. The summed E-state index contributed by atoms with van der Waals surface area (Å²) in [6, 6.07) is 0. The lowest BCUT2D eigenvalue weighted by molar-refractivity contribution is -0.158. The van der Waals surface area contributed by atoms with E-state index in [4.69, 9.17) is 10.2 Å². The van der Waals surface area contributed by atoms with Gasteiger partial charge in [-0.15, -0.1) is 0 Å². The molecule has 0 saturated carbocycles. The van der Waals surface area contributed by atoms with E-state index in [1.54, 1.807) is 6.08 Å². The molecule has 5 nitrogen and oxygen atoms in total. The predicted molar refractivity (Wildman–Crippen MR) is 48.9 cm³/mol. The average molecular weight is 202 g/mol. The van der Waals surface area contributed by atoms with Gasteiger partial charge in [-0.2, -0.15) is 0 Å². The van der Waals surface area contributed by atoms with Crippen molar-refractivity contribution in [1.29, 1.82) is 0 Å². The minimum absolute atomic E-state index is 0. The minimum atomic E-state index is -1.25. The number of rotatable bonds is 2. The van der Waals surface area contributed by atoms with Crippen LogP contribution in [-0.2, 0) is 9.59 Å².